The van der Waals surface area contributed by atoms with Crippen LogP contribution in [0.5, 0.6) is 5.75 Å². The fraction of sp³-hybridized carbons (Fsp3) is 0.417. The number of para-hydroxylation sites is 1. The first-order valence-corrected chi connectivity index (χ1v) is 11.3. The van der Waals surface area contributed by atoms with Crippen molar-refractivity contribution >= 4 is 23.6 Å². The number of piperidine rings is 1. The lowest BCUT2D eigenvalue weighted by molar-refractivity contribution is -0.262. The number of ether oxygens (including phenoxy) is 2. The van der Waals surface area contributed by atoms with Crippen LogP contribution >= 0.6 is 11.6 Å². The number of halogens is 4. The molecule has 2 heterocycles. The predicted molar refractivity (Wildman–Crippen MR) is 120 cm³/mol. The summed E-state index contributed by atoms with van der Waals surface area (Å²) in [5, 5.41) is 13.3. The average Bonchev–Trinajstić information content (AvgIpc) is 2.83. The Kier molecular flexibility index (Phi) is 6.63. The molecule has 2 amide bonds. The van der Waals surface area contributed by atoms with Crippen molar-refractivity contribution < 1.29 is 37.3 Å². The van der Waals surface area contributed by atoms with Gasteiger partial charge in [-0.2, -0.15) is 13.2 Å². The van der Waals surface area contributed by atoms with Crippen molar-refractivity contribution in [2.75, 3.05) is 26.7 Å². The SMILES string of the molecule is COc1ccccc1C1CNC(=O)OC12CCN(C(=O)[C@@](O)(c1cccc(Cl)c1)C(F)(F)F)CC2. The number of rotatable bonds is 4. The van der Waals surface area contributed by atoms with E-state index in [9.17, 15) is 27.9 Å². The summed E-state index contributed by atoms with van der Waals surface area (Å²) in [6.07, 6.45) is -5.76. The van der Waals surface area contributed by atoms with E-state index in [-0.39, 0.29) is 43.4 Å². The third-order valence-corrected chi connectivity index (χ3v) is 6.99. The molecule has 2 aromatic rings. The molecule has 2 atom stereocenters. The molecule has 2 aliphatic rings. The van der Waals surface area contributed by atoms with E-state index in [1.807, 2.05) is 12.1 Å². The zero-order chi connectivity index (χ0) is 25.4. The van der Waals surface area contributed by atoms with Crippen molar-refractivity contribution in [1.82, 2.24) is 10.2 Å². The van der Waals surface area contributed by atoms with Crippen molar-refractivity contribution in [2.45, 2.75) is 36.1 Å². The Bertz CT molecular complexity index is 1120. The molecule has 0 radical (unpaired) electrons. The van der Waals surface area contributed by atoms with Crippen LogP contribution in [0.1, 0.15) is 29.9 Å². The van der Waals surface area contributed by atoms with Crippen LogP contribution in [0, 0.1) is 0 Å². The van der Waals surface area contributed by atoms with E-state index < -0.39 is 34.9 Å². The summed E-state index contributed by atoms with van der Waals surface area (Å²) in [6, 6.07) is 11.7. The molecule has 7 nitrogen and oxygen atoms in total. The molecule has 1 spiro atoms. The van der Waals surface area contributed by atoms with E-state index in [2.05, 4.69) is 5.32 Å². The molecule has 2 aliphatic heterocycles. The number of hydrogen-bond acceptors (Lipinski definition) is 5. The number of aliphatic hydroxyl groups is 1. The number of alkyl carbamates (subject to hydrolysis) is 1. The molecule has 2 fully saturated rings. The largest absolute Gasteiger partial charge is 0.496 e. The Hall–Kier alpha value is -2.98. The quantitative estimate of drug-likeness (QED) is 0.647. The van der Waals surface area contributed by atoms with Crippen LogP contribution in [0.3, 0.4) is 0 Å². The molecule has 1 unspecified atom stereocenters. The van der Waals surface area contributed by atoms with Gasteiger partial charge in [-0.05, 0) is 18.2 Å². The van der Waals surface area contributed by atoms with Gasteiger partial charge in [0.15, 0.2) is 0 Å². The molecule has 0 aromatic heterocycles. The van der Waals surface area contributed by atoms with Crippen molar-refractivity contribution in [1.29, 1.82) is 0 Å². The number of carbonyl (C=O) groups excluding carboxylic acids is 2. The van der Waals surface area contributed by atoms with E-state index in [1.165, 1.54) is 19.2 Å². The van der Waals surface area contributed by atoms with Crippen molar-refractivity contribution in [3.63, 3.8) is 0 Å². The Morgan fingerprint density at radius 3 is 2.51 bits per heavy atom. The van der Waals surface area contributed by atoms with Crippen molar-refractivity contribution in [3.05, 3.63) is 64.7 Å². The molecular weight excluding hydrogens is 489 g/mol. The minimum atomic E-state index is -5.29. The number of nitrogens with one attached hydrogen (secondary N) is 1. The van der Waals surface area contributed by atoms with Crippen LogP contribution < -0.4 is 10.1 Å². The minimum Gasteiger partial charge on any atom is -0.496 e. The average molecular weight is 513 g/mol. The number of methoxy groups -OCH3 is 1. The highest BCUT2D eigenvalue weighted by Crippen LogP contribution is 2.46. The monoisotopic (exact) mass is 512 g/mol. The summed E-state index contributed by atoms with van der Waals surface area (Å²) < 4.78 is 53.4. The highest BCUT2D eigenvalue weighted by Gasteiger charge is 2.63. The maximum atomic E-state index is 14.1. The van der Waals surface area contributed by atoms with Gasteiger partial charge in [-0.15, -0.1) is 0 Å². The number of hydrogen-bond donors (Lipinski definition) is 2. The summed E-state index contributed by atoms with van der Waals surface area (Å²) in [5.74, 6) is -1.28. The number of benzene rings is 2. The van der Waals surface area contributed by atoms with E-state index in [4.69, 9.17) is 21.1 Å². The van der Waals surface area contributed by atoms with Crippen LogP contribution in [0.15, 0.2) is 48.5 Å². The fourth-order valence-electron chi connectivity index (χ4n) is 4.90. The van der Waals surface area contributed by atoms with Gasteiger partial charge < -0.3 is 24.8 Å². The minimum absolute atomic E-state index is 0.0446. The second-order valence-electron chi connectivity index (χ2n) is 8.64. The Labute approximate surface area is 204 Å². The molecular formula is C24H24ClF3N2O5. The second-order valence-corrected chi connectivity index (χ2v) is 9.08. The van der Waals surface area contributed by atoms with Gasteiger partial charge in [0, 0.05) is 54.5 Å². The van der Waals surface area contributed by atoms with Crippen molar-refractivity contribution in [3.8, 4) is 5.75 Å². The summed E-state index contributed by atoms with van der Waals surface area (Å²) in [4.78, 5) is 26.2. The molecule has 35 heavy (non-hydrogen) atoms. The zero-order valence-corrected chi connectivity index (χ0v) is 19.5. The van der Waals surface area contributed by atoms with Gasteiger partial charge in [0.2, 0.25) is 0 Å². The Balaban J connectivity index is 1.62. The van der Waals surface area contributed by atoms with Gasteiger partial charge in [0.25, 0.3) is 11.5 Å². The number of carbonyl (C=O) groups is 2. The number of alkyl halides is 3. The first-order chi connectivity index (χ1) is 16.5. The van der Waals surface area contributed by atoms with Gasteiger partial charge >= 0.3 is 12.3 Å². The standard InChI is InChI=1S/C24H24ClF3N2O5/c1-34-19-8-3-2-7-17(19)18-14-29-21(32)35-22(18)9-11-30(12-10-22)20(31)23(33,24(26,27)28)15-5-4-6-16(25)13-15/h2-8,13,18,33H,9-12,14H2,1H3,(H,29,32)/t18?,23-/m0/s1. The van der Waals surface area contributed by atoms with Crippen LogP contribution in [-0.2, 0) is 15.1 Å². The van der Waals surface area contributed by atoms with Crippen LogP contribution in [-0.4, -0.2) is 60.5 Å². The number of amides is 2. The molecule has 0 aliphatic carbocycles. The lowest BCUT2D eigenvalue weighted by Crippen LogP contribution is -2.62. The summed E-state index contributed by atoms with van der Waals surface area (Å²) in [5.41, 5.74) is -4.71. The first kappa shape index (κ1) is 25.1. The Morgan fingerprint density at radius 1 is 1.20 bits per heavy atom. The highest BCUT2D eigenvalue weighted by atomic mass is 35.5. The van der Waals surface area contributed by atoms with Crippen LogP contribution in [0.25, 0.3) is 0 Å². The normalized spacial score (nSPS) is 21.6. The summed E-state index contributed by atoms with van der Waals surface area (Å²) in [6.45, 7) is -0.0738. The van der Waals surface area contributed by atoms with Gasteiger partial charge in [0.05, 0.1) is 7.11 Å². The van der Waals surface area contributed by atoms with E-state index in [0.717, 1.165) is 22.6 Å². The summed E-state index contributed by atoms with van der Waals surface area (Å²) in [7, 11) is 1.52. The molecule has 0 saturated carbocycles. The highest BCUT2D eigenvalue weighted by molar-refractivity contribution is 6.30. The van der Waals surface area contributed by atoms with Gasteiger partial charge in [-0.3, -0.25) is 4.79 Å². The van der Waals surface area contributed by atoms with Crippen LogP contribution in [0.2, 0.25) is 5.02 Å². The smallest absolute Gasteiger partial charge is 0.430 e. The number of nitrogens with zero attached hydrogens (tertiary/aromatic N) is 1. The first-order valence-electron chi connectivity index (χ1n) is 11.0. The lowest BCUT2D eigenvalue weighted by atomic mass is 9.74. The maximum absolute atomic E-state index is 14.1. The third kappa shape index (κ3) is 4.40. The van der Waals surface area contributed by atoms with Gasteiger partial charge in [-0.25, -0.2) is 4.79 Å². The van der Waals surface area contributed by atoms with E-state index in [0.29, 0.717) is 5.75 Å². The fourth-order valence-corrected chi connectivity index (χ4v) is 5.09. The van der Waals surface area contributed by atoms with Gasteiger partial charge in [-0.1, -0.05) is 41.9 Å². The van der Waals surface area contributed by atoms with Gasteiger partial charge in [0.1, 0.15) is 11.4 Å². The molecule has 4 rings (SSSR count). The second kappa shape index (κ2) is 9.23. The summed E-state index contributed by atoms with van der Waals surface area (Å²) >= 11 is 5.83. The zero-order valence-electron chi connectivity index (χ0n) is 18.8. The number of likely N-dealkylation sites (tertiary alicyclic amines) is 1. The molecule has 188 valence electrons. The van der Waals surface area contributed by atoms with Crippen LogP contribution in [0.4, 0.5) is 18.0 Å². The molecule has 2 aromatic carbocycles. The molecule has 2 saturated heterocycles. The third-order valence-electron chi connectivity index (χ3n) is 6.76. The Morgan fingerprint density at radius 2 is 1.89 bits per heavy atom. The van der Waals surface area contributed by atoms with E-state index in [1.54, 1.807) is 12.1 Å². The molecule has 2 N–H and O–H groups in total. The van der Waals surface area contributed by atoms with E-state index >= 15 is 0 Å². The lowest BCUT2D eigenvalue weighted by Gasteiger charge is -2.49. The molecule has 11 heteroatoms. The topological polar surface area (TPSA) is 88.1 Å². The predicted octanol–water partition coefficient (Wildman–Crippen LogP) is 3.98. The molecule has 0 bridgehead atoms. The van der Waals surface area contributed by atoms with Crippen molar-refractivity contribution in [2.24, 2.45) is 0 Å². The maximum Gasteiger partial charge on any atom is 0.430 e.